The van der Waals surface area contributed by atoms with Crippen molar-refractivity contribution in [3.63, 3.8) is 0 Å². The summed E-state index contributed by atoms with van der Waals surface area (Å²) in [5, 5.41) is 0.736. The fourth-order valence-electron chi connectivity index (χ4n) is 3.53. The third kappa shape index (κ3) is 2.90. The molecule has 1 aliphatic carbocycles. The van der Waals surface area contributed by atoms with Crippen LogP contribution in [0.3, 0.4) is 0 Å². The Hall–Kier alpha value is -0.130. The molecular weight excluding hydrogens is 340 g/mol. The number of rotatable bonds is 3. The van der Waals surface area contributed by atoms with Crippen molar-refractivity contribution in [2.24, 2.45) is 11.8 Å². The predicted molar refractivity (Wildman–Crippen MR) is 84.5 cm³/mol. The molecule has 1 aliphatic heterocycles. The minimum Gasteiger partial charge on any atom is -0.375 e. The highest BCUT2D eigenvalue weighted by molar-refractivity contribution is 9.10. The Morgan fingerprint density at radius 3 is 2.80 bits per heavy atom. The molecule has 3 N–H and O–H groups in total. The van der Waals surface area contributed by atoms with Crippen molar-refractivity contribution in [1.29, 1.82) is 0 Å². The van der Waals surface area contributed by atoms with E-state index in [1.165, 1.54) is 19.3 Å². The van der Waals surface area contributed by atoms with Gasteiger partial charge >= 0.3 is 0 Å². The lowest BCUT2D eigenvalue weighted by molar-refractivity contribution is -0.147. The lowest BCUT2D eigenvalue weighted by atomic mass is 9.70. The highest BCUT2D eigenvalue weighted by atomic mass is 79.9. The summed E-state index contributed by atoms with van der Waals surface area (Å²) in [6.07, 6.45) is 5.81. The van der Waals surface area contributed by atoms with Crippen LogP contribution in [0, 0.1) is 5.92 Å². The summed E-state index contributed by atoms with van der Waals surface area (Å²) < 4.78 is 7.00. The van der Waals surface area contributed by atoms with Crippen LogP contribution in [-0.4, -0.2) is 12.2 Å². The number of halogens is 2. The molecular formula is C15H20BrClN2O. The zero-order valence-corrected chi connectivity index (χ0v) is 13.7. The molecule has 1 saturated carbocycles. The second-order valence-corrected chi connectivity index (χ2v) is 7.34. The minimum atomic E-state index is 0.131. The van der Waals surface area contributed by atoms with E-state index in [2.05, 4.69) is 27.4 Å². The van der Waals surface area contributed by atoms with E-state index in [4.69, 9.17) is 22.2 Å². The topological polar surface area (TPSA) is 47.3 Å². The van der Waals surface area contributed by atoms with Crippen molar-refractivity contribution in [1.82, 2.24) is 5.43 Å². The molecule has 0 aromatic heterocycles. The Balaban J connectivity index is 1.81. The number of hydrogen-bond donors (Lipinski definition) is 2. The fourth-order valence-corrected chi connectivity index (χ4v) is 4.42. The maximum Gasteiger partial charge on any atom is 0.0686 e. The van der Waals surface area contributed by atoms with Crippen molar-refractivity contribution in [3.8, 4) is 0 Å². The SMILES string of the molecule is NNC(c1cc(Cl)cc(Br)c1)C1CCOC2(CCC2)C1. The second-order valence-electron chi connectivity index (χ2n) is 5.99. The van der Waals surface area contributed by atoms with E-state index in [0.717, 1.165) is 34.5 Å². The monoisotopic (exact) mass is 358 g/mol. The Bertz CT molecular complexity index is 473. The van der Waals surface area contributed by atoms with E-state index in [0.29, 0.717) is 5.92 Å². The van der Waals surface area contributed by atoms with E-state index < -0.39 is 0 Å². The summed E-state index contributed by atoms with van der Waals surface area (Å²) in [4.78, 5) is 0. The average molecular weight is 360 g/mol. The molecule has 1 heterocycles. The average Bonchev–Trinajstić information content (AvgIpc) is 2.37. The third-order valence-corrected chi connectivity index (χ3v) is 5.37. The van der Waals surface area contributed by atoms with Gasteiger partial charge in [0.2, 0.25) is 0 Å². The first-order valence-electron chi connectivity index (χ1n) is 7.18. The predicted octanol–water partition coefficient (Wildman–Crippen LogP) is 3.96. The van der Waals surface area contributed by atoms with Crippen LogP contribution in [0.25, 0.3) is 0 Å². The van der Waals surface area contributed by atoms with Gasteiger partial charge in [0.15, 0.2) is 0 Å². The van der Waals surface area contributed by atoms with E-state index in [9.17, 15) is 0 Å². The number of benzene rings is 1. The van der Waals surface area contributed by atoms with Gasteiger partial charge in [0.25, 0.3) is 0 Å². The molecule has 1 aromatic rings. The molecule has 1 saturated heterocycles. The van der Waals surface area contributed by atoms with Gasteiger partial charge in [-0.2, -0.15) is 0 Å². The van der Waals surface area contributed by atoms with Crippen molar-refractivity contribution < 1.29 is 4.74 Å². The zero-order chi connectivity index (χ0) is 14.2. The van der Waals surface area contributed by atoms with Crippen LogP contribution >= 0.6 is 27.5 Å². The fraction of sp³-hybridized carbons (Fsp3) is 0.600. The summed E-state index contributed by atoms with van der Waals surface area (Å²) in [5.41, 5.74) is 4.27. The molecule has 0 amide bonds. The van der Waals surface area contributed by atoms with Crippen LogP contribution in [0.15, 0.2) is 22.7 Å². The molecule has 110 valence electrons. The van der Waals surface area contributed by atoms with Crippen molar-refractivity contribution >= 4 is 27.5 Å². The van der Waals surface area contributed by atoms with Crippen LogP contribution in [0.2, 0.25) is 5.02 Å². The second kappa shape index (κ2) is 5.93. The van der Waals surface area contributed by atoms with Crippen LogP contribution in [0.5, 0.6) is 0 Å². The molecule has 2 unspecified atom stereocenters. The highest BCUT2D eigenvalue weighted by Gasteiger charge is 2.44. The maximum absolute atomic E-state index is 6.16. The van der Waals surface area contributed by atoms with Crippen LogP contribution in [-0.2, 0) is 4.74 Å². The molecule has 1 aromatic carbocycles. The van der Waals surface area contributed by atoms with Crippen LogP contribution in [0.4, 0.5) is 0 Å². The van der Waals surface area contributed by atoms with Gasteiger partial charge in [-0.1, -0.05) is 27.5 Å². The Morgan fingerprint density at radius 2 is 2.20 bits per heavy atom. The molecule has 2 atom stereocenters. The first-order chi connectivity index (χ1) is 9.62. The molecule has 1 spiro atoms. The van der Waals surface area contributed by atoms with Gasteiger partial charge in [-0.15, -0.1) is 0 Å². The van der Waals surface area contributed by atoms with Gasteiger partial charge in [0, 0.05) is 22.1 Å². The van der Waals surface area contributed by atoms with Gasteiger partial charge in [-0.25, -0.2) is 0 Å². The minimum absolute atomic E-state index is 0.131. The molecule has 3 nitrogen and oxygen atoms in total. The standard InChI is InChI=1S/C15H20BrClN2O/c16-12-6-11(7-13(17)8-12)14(19-18)10-2-5-20-15(9-10)3-1-4-15/h6-8,10,14,19H,1-5,9,18H2. The number of nitrogens with one attached hydrogen (secondary N) is 1. The number of ether oxygens (including phenoxy) is 1. The zero-order valence-electron chi connectivity index (χ0n) is 11.4. The van der Waals surface area contributed by atoms with Crippen LogP contribution < -0.4 is 11.3 Å². The first-order valence-corrected chi connectivity index (χ1v) is 8.35. The third-order valence-electron chi connectivity index (χ3n) is 4.69. The highest BCUT2D eigenvalue weighted by Crippen LogP contribution is 2.47. The Morgan fingerprint density at radius 1 is 1.40 bits per heavy atom. The van der Waals surface area contributed by atoms with E-state index in [1.54, 1.807) is 0 Å². The molecule has 0 radical (unpaired) electrons. The Kier molecular flexibility index (Phi) is 4.39. The van der Waals surface area contributed by atoms with Gasteiger partial charge in [-0.05, 0) is 61.8 Å². The number of hydrazine groups is 1. The van der Waals surface area contributed by atoms with Crippen molar-refractivity contribution in [2.45, 2.75) is 43.7 Å². The molecule has 20 heavy (non-hydrogen) atoms. The van der Waals surface area contributed by atoms with Gasteiger partial charge < -0.3 is 4.74 Å². The summed E-state index contributed by atoms with van der Waals surface area (Å²) >= 11 is 9.67. The van der Waals surface area contributed by atoms with Gasteiger partial charge in [0.05, 0.1) is 5.60 Å². The van der Waals surface area contributed by atoms with Crippen molar-refractivity contribution in [2.75, 3.05) is 6.61 Å². The lowest BCUT2D eigenvalue weighted by Crippen LogP contribution is -2.48. The van der Waals surface area contributed by atoms with E-state index in [-0.39, 0.29) is 11.6 Å². The number of hydrogen-bond acceptors (Lipinski definition) is 3. The molecule has 5 heteroatoms. The van der Waals surface area contributed by atoms with Crippen molar-refractivity contribution in [3.05, 3.63) is 33.3 Å². The summed E-state index contributed by atoms with van der Waals surface area (Å²) in [5.74, 6) is 6.33. The molecule has 2 aliphatic rings. The van der Waals surface area contributed by atoms with Gasteiger partial charge in [0.1, 0.15) is 0 Å². The lowest BCUT2D eigenvalue weighted by Gasteiger charge is -2.48. The van der Waals surface area contributed by atoms with Gasteiger partial charge in [-0.3, -0.25) is 11.3 Å². The smallest absolute Gasteiger partial charge is 0.0686 e. The van der Waals surface area contributed by atoms with E-state index in [1.807, 2.05) is 12.1 Å². The number of nitrogens with two attached hydrogens (primary N) is 1. The summed E-state index contributed by atoms with van der Waals surface area (Å²) in [7, 11) is 0. The molecule has 2 fully saturated rings. The molecule has 0 bridgehead atoms. The quantitative estimate of drug-likeness (QED) is 0.634. The summed E-state index contributed by atoms with van der Waals surface area (Å²) in [6.45, 7) is 0.838. The van der Waals surface area contributed by atoms with Crippen LogP contribution in [0.1, 0.15) is 43.7 Å². The maximum atomic E-state index is 6.16. The summed E-state index contributed by atoms with van der Waals surface area (Å²) in [6, 6.07) is 6.13. The largest absolute Gasteiger partial charge is 0.375 e. The Labute approximate surface area is 133 Å². The van der Waals surface area contributed by atoms with E-state index >= 15 is 0 Å². The molecule has 3 rings (SSSR count). The normalized spacial score (nSPS) is 26.2. The first kappa shape index (κ1) is 14.8.